The molecule has 24 heavy (non-hydrogen) atoms. The highest BCUT2D eigenvalue weighted by atomic mass is 35.5. The molecule has 0 saturated heterocycles. The predicted molar refractivity (Wildman–Crippen MR) is 90.1 cm³/mol. The molecule has 1 aromatic carbocycles. The number of rotatable bonds is 2. The van der Waals surface area contributed by atoms with Gasteiger partial charge in [0.15, 0.2) is 11.5 Å². The molecule has 0 atom stereocenters. The Morgan fingerprint density at radius 1 is 1.12 bits per heavy atom. The number of hydrogen-bond donors (Lipinski definition) is 0. The fourth-order valence-electron chi connectivity index (χ4n) is 2.68. The first-order valence-corrected chi connectivity index (χ1v) is 7.81. The van der Waals surface area contributed by atoms with Crippen LogP contribution in [-0.4, -0.2) is 35.3 Å². The summed E-state index contributed by atoms with van der Waals surface area (Å²) >= 11 is 6.53. The van der Waals surface area contributed by atoms with Crippen LogP contribution in [0.4, 0.5) is 0 Å². The molecule has 0 bridgehead atoms. The van der Waals surface area contributed by atoms with Crippen molar-refractivity contribution in [3.05, 3.63) is 35.4 Å². The number of ether oxygens (including phenoxy) is 3. The van der Waals surface area contributed by atoms with Crippen LogP contribution in [0.2, 0.25) is 5.02 Å². The highest BCUT2D eigenvalue weighted by molar-refractivity contribution is 6.35. The van der Waals surface area contributed by atoms with Gasteiger partial charge in [0.2, 0.25) is 0 Å². The van der Waals surface area contributed by atoms with Gasteiger partial charge in [0.1, 0.15) is 24.8 Å². The van der Waals surface area contributed by atoms with Crippen LogP contribution in [-0.2, 0) is 0 Å². The summed E-state index contributed by atoms with van der Waals surface area (Å²) in [6.07, 6.45) is 3.46. The number of aryl methyl sites for hydroxylation is 1. The minimum absolute atomic E-state index is 0.432. The number of nitrogens with zero attached hydrogens (tertiary/aromatic N) is 3. The van der Waals surface area contributed by atoms with Crippen LogP contribution in [0, 0.1) is 6.92 Å². The summed E-state index contributed by atoms with van der Waals surface area (Å²) in [5.74, 6) is 2.38. The number of methoxy groups -OCH3 is 1. The van der Waals surface area contributed by atoms with Gasteiger partial charge in [-0.1, -0.05) is 11.6 Å². The van der Waals surface area contributed by atoms with Gasteiger partial charge in [0.05, 0.1) is 35.1 Å². The Balaban J connectivity index is 1.96. The van der Waals surface area contributed by atoms with E-state index in [1.165, 1.54) is 0 Å². The number of pyridine rings is 1. The highest BCUT2D eigenvalue weighted by Crippen LogP contribution is 2.48. The Morgan fingerprint density at radius 3 is 2.79 bits per heavy atom. The number of hydrogen-bond acceptors (Lipinski definition) is 6. The van der Waals surface area contributed by atoms with Crippen LogP contribution in [0.5, 0.6) is 17.2 Å². The van der Waals surface area contributed by atoms with Crippen molar-refractivity contribution in [3.63, 3.8) is 0 Å². The fourth-order valence-corrected chi connectivity index (χ4v) is 2.99. The molecule has 1 aliphatic rings. The lowest BCUT2D eigenvalue weighted by Gasteiger charge is -2.23. The highest BCUT2D eigenvalue weighted by Gasteiger charge is 2.25. The van der Waals surface area contributed by atoms with Crippen molar-refractivity contribution in [3.8, 4) is 28.5 Å². The summed E-state index contributed by atoms with van der Waals surface area (Å²) in [6, 6.07) is 3.61. The van der Waals surface area contributed by atoms with E-state index in [2.05, 4.69) is 15.0 Å². The molecule has 0 N–H and O–H groups in total. The van der Waals surface area contributed by atoms with E-state index in [0.29, 0.717) is 52.6 Å². The number of benzene rings is 1. The van der Waals surface area contributed by atoms with E-state index in [9.17, 15) is 0 Å². The van der Waals surface area contributed by atoms with Crippen molar-refractivity contribution < 1.29 is 14.2 Å². The third-order valence-corrected chi connectivity index (χ3v) is 4.17. The van der Waals surface area contributed by atoms with Gasteiger partial charge in [-0.15, -0.1) is 0 Å². The van der Waals surface area contributed by atoms with E-state index >= 15 is 0 Å². The standard InChI is InChI=1S/C17H14ClN3O3/c1-9-19-7-10-5-11(20-8-12(10)21-9)15-16(18)13(22-2)6-14-17(15)24-4-3-23-14/h5-8H,3-4H2,1-2H3. The zero-order chi connectivity index (χ0) is 16.7. The third-order valence-electron chi connectivity index (χ3n) is 3.80. The van der Waals surface area contributed by atoms with E-state index in [-0.39, 0.29) is 0 Å². The number of halogens is 1. The number of fused-ring (bicyclic) bond motifs is 2. The van der Waals surface area contributed by atoms with Crippen LogP contribution in [0.25, 0.3) is 22.2 Å². The van der Waals surface area contributed by atoms with E-state index in [4.69, 9.17) is 25.8 Å². The molecule has 0 spiro atoms. The smallest absolute Gasteiger partial charge is 0.172 e. The minimum Gasteiger partial charge on any atom is -0.495 e. The van der Waals surface area contributed by atoms with E-state index in [0.717, 1.165) is 10.9 Å². The second-order valence-electron chi connectivity index (χ2n) is 5.34. The summed E-state index contributed by atoms with van der Waals surface area (Å²) in [7, 11) is 1.56. The summed E-state index contributed by atoms with van der Waals surface area (Å²) in [4.78, 5) is 13.1. The second-order valence-corrected chi connectivity index (χ2v) is 5.72. The maximum atomic E-state index is 6.53. The van der Waals surface area contributed by atoms with Crippen LogP contribution >= 0.6 is 11.6 Å². The third kappa shape index (κ3) is 2.39. The molecule has 0 fully saturated rings. The summed E-state index contributed by atoms with van der Waals surface area (Å²) in [6.45, 7) is 2.78. The Labute approximate surface area is 143 Å². The average Bonchev–Trinajstić information content (AvgIpc) is 2.61. The lowest BCUT2D eigenvalue weighted by atomic mass is 10.1. The molecular formula is C17H14ClN3O3. The Kier molecular flexibility index (Phi) is 3.61. The molecule has 0 radical (unpaired) electrons. The summed E-state index contributed by atoms with van der Waals surface area (Å²) < 4.78 is 16.8. The van der Waals surface area contributed by atoms with Crippen molar-refractivity contribution in [2.75, 3.05) is 20.3 Å². The first kappa shape index (κ1) is 15.0. The van der Waals surface area contributed by atoms with E-state index in [1.54, 1.807) is 25.6 Å². The molecule has 0 unspecified atom stereocenters. The van der Waals surface area contributed by atoms with Crippen molar-refractivity contribution in [2.24, 2.45) is 0 Å². The van der Waals surface area contributed by atoms with Crippen LogP contribution < -0.4 is 14.2 Å². The van der Waals surface area contributed by atoms with Gasteiger partial charge in [-0.3, -0.25) is 4.98 Å². The first-order chi connectivity index (χ1) is 11.7. The number of aromatic nitrogens is 3. The van der Waals surface area contributed by atoms with Gasteiger partial charge in [-0.2, -0.15) is 0 Å². The topological polar surface area (TPSA) is 66.4 Å². The lowest BCUT2D eigenvalue weighted by Crippen LogP contribution is -2.16. The fraction of sp³-hybridized carbons (Fsp3) is 0.235. The molecule has 4 rings (SSSR count). The molecule has 0 amide bonds. The normalized spacial score (nSPS) is 13.1. The molecule has 0 saturated carbocycles. The monoisotopic (exact) mass is 343 g/mol. The molecule has 6 nitrogen and oxygen atoms in total. The SMILES string of the molecule is COc1cc2c(c(-c3cc4cnc(C)nc4cn3)c1Cl)OCCO2. The minimum atomic E-state index is 0.432. The summed E-state index contributed by atoms with van der Waals surface area (Å²) in [5.41, 5.74) is 2.07. The van der Waals surface area contributed by atoms with Crippen LogP contribution in [0.15, 0.2) is 24.5 Å². The Hall–Kier alpha value is -2.60. The zero-order valence-electron chi connectivity index (χ0n) is 13.2. The van der Waals surface area contributed by atoms with Gasteiger partial charge in [0, 0.05) is 17.6 Å². The Bertz CT molecular complexity index is 946. The van der Waals surface area contributed by atoms with Crippen LogP contribution in [0.1, 0.15) is 5.82 Å². The van der Waals surface area contributed by atoms with Crippen LogP contribution in [0.3, 0.4) is 0 Å². The van der Waals surface area contributed by atoms with Gasteiger partial charge in [0.25, 0.3) is 0 Å². The molecule has 3 aromatic rings. The Morgan fingerprint density at radius 2 is 1.96 bits per heavy atom. The van der Waals surface area contributed by atoms with Gasteiger partial charge in [-0.25, -0.2) is 9.97 Å². The van der Waals surface area contributed by atoms with Crippen molar-refractivity contribution in [1.29, 1.82) is 0 Å². The van der Waals surface area contributed by atoms with Crippen molar-refractivity contribution in [1.82, 2.24) is 15.0 Å². The predicted octanol–water partition coefficient (Wildman–Crippen LogP) is 3.43. The van der Waals surface area contributed by atoms with Crippen molar-refractivity contribution in [2.45, 2.75) is 6.92 Å². The molecule has 122 valence electrons. The molecule has 2 aromatic heterocycles. The summed E-state index contributed by atoms with van der Waals surface area (Å²) in [5, 5.41) is 1.30. The second kappa shape index (κ2) is 5.79. The maximum absolute atomic E-state index is 6.53. The molecular weight excluding hydrogens is 330 g/mol. The van der Waals surface area contributed by atoms with E-state index < -0.39 is 0 Å². The van der Waals surface area contributed by atoms with Gasteiger partial charge in [-0.05, 0) is 13.0 Å². The average molecular weight is 344 g/mol. The quantitative estimate of drug-likeness (QED) is 0.710. The first-order valence-electron chi connectivity index (χ1n) is 7.43. The van der Waals surface area contributed by atoms with Gasteiger partial charge >= 0.3 is 0 Å². The van der Waals surface area contributed by atoms with Crippen molar-refractivity contribution >= 4 is 22.5 Å². The lowest BCUT2D eigenvalue weighted by molar-refractivity contribution is 0.171. The van der Waals surface area contributed by atoms with Gasteiger partial charge < -0.3 is 14.2 Å². The molecule has 3 heterocycles. The maximum Gasteiger partial charge on any atom is 0.172 e. The largest absolute Gasteiger partial charge is 0.495 e. The van der Waals surface area contributed by atoms with E-state index in [1.807, 2.05) is 13.0 Å². The molecule has 7 heteroatoms. The zero-order valence-corrected chi connectivity index (χ0v) is 13.9. The molecule has 1 aliphatic heterocycles. The molecule has 0 aliphatic carbocycles.